The van der Waals surface area contributed by atoms with Crippen molar-refractivity contribution in [1.82, 2.24) is 9.88 Å². The molecule has 0 N–H and O–H groups in total. The molecule has 30 heavy (non-hydrogen) atoms. The first-order valence-electron chi connectivity index (χ1n) is 10.5. The van der Waals surface area contributed by atoms with E-state index >= 15 is 0 Å². The summed E-state index contributed by atoms with van der Waals surface area (Å²) in [5.41, 5.74) is 4.90. The number of hydrogen-bond donors (Lipinski definition) is 0. The summed E-state index contributed by atoms with van der Waals surface area (Å²) in [4.78, 5) is 24.6. The third kappa shape index (κ3) is 3.42. The molecular formula is C24H25ClN4O. The third-order valence-corrected chi connectivity index (χ3v) is 6.55. The van der Waals surface area contributed by atoms with Crippen LogP contribution in [0.3, 0.4) is 0 Å². The molecule has 2 aliphatic heterocycles. The highest BCUT2D eigenvalue weighted by Crippen LogP contribution is 2.37. The number of halogens is 1. The largest absolute Gasteiger partial charge is 0.370 e. The highest BCUT2D eigenvalue weighted by atomic mass is 35.5. The average Bonchev–Trinajstić information content (AvgIpc) is 3.04. The van der Waals surface area contributed by atoms with Gasteiger partial charge in [-0.3, -0.25) is 9.78 Å². The van der Waals surface area contributed by atoms with E-state index in [0.717, 1.165) is 55.6 Å². The molecule has 0 radical (unpaired) electrons. The van der Waals surface area contributed by atoms with E-state index in [4.69, 9.17) is 11.6 Å². The summed E-state index contributed by atoms with van der Waals surface area (Å²) in [6.45, 7) is 4.86. The van der Waals surface area contributed by atoms with Crippen LogP contribution in [0.2, 0.25) is 5.02 Å². The number of carbonyl (C=O) groups is 1. The van der Waals surface area contributed by atoms with Gasteiger partial charge in [0.1, 0.15) is 0 Å². The summed E-state index contributed by atoms with van der Waals surface area (Å²) >= 11 is 6.31. The van der Waals surface area contributed by atoms with Crippen molar-refractivity contribution in [3.05, 3.63) is 64.8 Å². The summed E-state index contributed by atoms with van der Waals surface area (Å²) in [6.07, 6.45) is 3.88. The minimum atomic E-state index is -0.0412. The van der Waals surface area contributed by atoms with E-state index in [1.807, 2.05) is 23.2 Å². The predicted octanol–water partition coefficient (Wildman–Crippen LogP) is 4.23. The fraction of sp³-hybridized carbons (Fsp3) is 0.333. The maximum atomic E-state index is 13.2. The Balaban J connectivity index is 1.55. The summed E-state index contributed by atoms with van der Waals surface area (Å²) in [5, 5.41) is 1.60. The second-order valence-corrected chi connectivity index (χ2v) is 8.57. The second-order valence-electron chi connectivity index (χ2n) is 8.16. The lowest BCUT2D eigenvalue weighted by Gasteiger charge is -2.25. The van der Waals surface area contributed by atoms with Crippen LogP contribution >= 0.6 is 11.6 Å². The van der Waals surface area contributed by atoms with Gasteiger partial charge in [-0.05, 0) is 62.3 Å². The number of benzene rings is 2. The molecule has 1 fully saturated rings. The Hall–Kier alpha value is -2.63. The van der Waals surface area contributed by atoms with Gasteiger partial charge < -0.3 is 14.7 Å². The van der Waals surface area contributed by atoms with E-state index in [9.17, 15) is 4.79 Å². The number of fused-ring (bicyclic) bond motifs is 2. The molecule has 0 saturated carbocycles. The van der Waals surface area contributed by atoms with Gasteiger partial charge in [0.15, 0.2) is 0 Å². The Morgan fingerprint density at radius 1 is 1.00 bits per heavy atom. The van der Waals surface area contributed by atoms with Crippen molar-refractivity contribution in [2.45, 2.75) is 12.8 Å². The molecule has 2 aliphatic rings. The number of pyridine rings is 1. The van der Waals surface area contributed by atoms with Crippen LogP contribution < -0.4 is 9.80 Å². The lowest BCUT2D eigenvalue weighted by atomic mass is 10.1. The summed E-state index contributed by atoms with van der Waals surface area (Å²) in [5.74, 6) is -0.0412. The van der Waals surface area contributed by atoms with Crippen LogP contribution in [0, 0.1) is 0 Å². The van der Waals surface area contributed by atoms with Crippen molar-refractivity contribution in [1.29, 1.82) is 0 Å². The first-order chi connectivity index (χ1) is 14.6. The number of carbonyl (C=O) groups excluding carboxylic acids is 1. The van der Waals surface area contributed by atoms with Crippen molar-refractivity contribution in [2.75, 3.05) is 49.6 Å². The van der Waals surface area contributed by atoms with Gasteiger partial charge in [0, 0.05) is 49.1 Å². The van der Waals surface area contributed by atoms with Crippen LogP contribution in [-0.4, -0.2) is 55.6 Å². The predicted molar refractivity (Wildman–Crippen MR) is 123 cm³/mol. The van der Waals surface area contributed by atoms with E-state index in [0.29, 0.717) is 17.1 Å². The second kappa shape index (κ2) is 7.89. The summed E-state index contributed by atoms with van der Waals surface area (Å²) in [6, 6.07) is 13.7. The standard InChI is InChI=1S/C24H25ClN4O/c1-27-10-4-11-28(14-13-27)22-7-9-26-21-15-17-8-12-29(23(17)16-19(21)22)24(30)18-5-2-3-6-20(18)25/h2-3,5-7,9,15-16H,4,8,10-14H2,1H3. The van der Waals surface area contributed by atoms with Crippen molar-refractivity contribution in [3.63, 3.8) is 0 Å². The highest BCUT2D eigenvalue weighted by molar-refractivity contribution is 6.34. The van der Waals surface area contributed by atoms with Crippen LogP contribution in [0.5, 0.6) is 0 Å². The molecule has 2 aromatic carbocycles. The van der Waals surface area contributed by atoms with Crippen molar-refractivity contribution >= 4 is 39.8 Å². The van der Waals surface area contributed by atoms with Crippen LogP contribution in [0.1, 0.15) is 22.3 Å². The van der Waals surface area contributed by atoms with Gasteiger partial charge in [-0.2, -0.15) is 0 Å². The molecule has 5 nitrogen and oxygen atoms in total. The Bertz CT molecular complexity index is 1120. The topological polar surface area (TPSA) is 39.7 Å². The average molecular weight is 421 g/mol. The van der Waals surface area contributed by atoms with Gasteiger partial charge in [0.05, 0.1) is 16.1 Å². The normalized spacial score (nSPS) is 17.3. The maximum absolute atomic E-state index is 13.2. The van der Waals surface area contributed by atoms with Gasteiger partial charge in [-0.25, -0.2) is 0 Å². The zero-order chi connectivity index (χ0) is 20.7. The molecule has 6 heteroatoms. The first-order valence-corrected chi connectivity index (χ1v) is 10.9. The lowest BCUT2D eigenvalue weighted by molar-refractivity contribution is 0.0989. The molecule has 3 aromatic rings. The molecule has 5 rings (SSSR count). The maximum Gasteiger partial charge on any atom is 0.259 e. The number of nitrogens with zero attached hydrogens (tertiary/aromatic N) is 4. The fourth-order valence-electron chi connectivity index (χ4n) is 4.57. The van der Waals surface area contributed by atoms with Gasteiger partial charge in [0.25, 0.3) is 5.91 Å². The molecule has 0 aliphatic carbocycles. The Morgan fingerprint density at radius 3 is 2.73 bits per heavy atom. The molecule has 0 unspecified atom stereocenters. The molecule has 0 bridgehead atoms. The molecule has 0 spiro atoms. The Kier molecular flexibility index (Phi) is 5.09. The SMILES string of the molecule is CN1CCCN(c2ccnc3cc4c(cc23)N(C(=O)c2ccccc2Cl)CC4)CC1. The summed E-state index contributed by atoms with van der Waals surface area (Å²) in [7, 11) is 2.18. The van der Waals surface area contributed by atoms with Crippen molar-refractivity contribution < 1.29 is 4.79 Å². The number of likely N-dealkylation sites (N-methyl/N-ethyl adjacent to an activating group) is 1. The van der Waals surface area contributed by atoms with Crippen LogP contribution in [0.15, 0.2) is 48.7 Å². The highest BCUT2D eigenvalue weighted by Gasteiger charge is 2.28. The third-order valence-electron chi connectivity index (χ3n) is 6.22. The number of rotatable bonds is 2. The zero-order valence-corrected chi connectivity index (χ0v) is 17.9. The molecule has 1 amide bonds. The molecular weight excluding hydrogens is 396 g/mol. The molecule has 1 saturated heterocycles. The minimum absolute atomic E-state index is 0.0412. The molecule has 3 heterocycles. The molecule has 154 valence electrons. The van der Waals surface area contributed by atoms with Gasteiger partial charge in [-0.15, -0.1) is 0 Å². The number of aromatic nitrogens is 1. The van der Waals surface area contributed by atoms with E-state index in [1.165, 1.54) is 11.3 Å². The van der Waals surface area contributed by atoms with Crippen LogP contribution in [0.4, 0.5) is 11.4 Å². The summed E-state index contributed by atoms with van der Waals surface area (Å²) < 4.78 is 0. The van der Waals surface area contributed by atoms with Crippen molar-refractivity contribution in [3.8, 4) is 0 Å². The first kappa shape index (κ1) is 19.3. The van der Waals surface area contributed by atoms with Gasteiger partial charge >= 0.3 is 0 Å². The van der Waals surface area contributed by atoms with Gasteiger partial charge in [0.2, 0.25) is 0 Å². The Morgan fingerprint density at radius 2 is 1.87 bits per heavy atom. The van der Waals surface area contributed by atoms with E-state index in [2.05, 4.69) is 40.0 Å². The fourth-order valence-corrected chi connectivity index (χ4v) is 4.78. The zero-order valence-electron chi connectivity index (χ0n) is 17.1. The monoisotopic (exact) mass is 420 g/mol. The smallest absolute Gasteiger partial charge is 0.259 e. The van der Waals surface area contributed by atoms with Crippen molar-refractivity contribution in [2.24, 2.45) is 0 Å². The number of hydrogen-bond acceptors (Lipinski definition) is 4. The quantitative estimate of drug-likeness (QED) is 0.622. The van der Waals surface area contributed by atoms with Crippen LogP contribution in [-0.2, 0) is 6.42 Å². The van der Waals surface area contributed by atoms with E-state index in [1.54, 1.807) is 12.1 Å². The molecule has 1 aromatic heterocycles. The lowest BCUT2D eigenvalue weighted by Crippen LogP contribution is -2.29. The van der Waals surface area contributed by atoms with Gasteiger partial charge in [-0.1, -0.05) is 23.7 Å². The number of amides is 1. The minimum Gasteiger partial charge on any atom is -0.370 e. The number of anilines is 2. The van der Waals surface area contributed by atoms with Crippen LogP contribution in [0.25, 0.3) is 10.9 Å². The Labute approximate surface area is 181 Å². The van der Waals surface area contributed by atoms with E-state index < -0.39 is 0 Å². The molecule has 0 atom stereocenters. The van der Waals surface area contributed by atoms with E-state index in [-0.39, 0.29) is 5.91 Å².